The van der Waals surface area contributed by atoms with Crippen molar-refractivity contribution in [1.29, 1.82) is 0 Å². The van der Waals surface area contributed by atoms with E-state index in [1.54, 1.807) is 13.0 Å². The third-order valence-corrected chi connectivity index (χ3v) is 7.56. The summed E-state index contributed by atoms with van der Waals surface area (Å²) in [6.45, 7) is 13.0. The summed E-state index contributed by atoms with van der Waals surface area (Å²) in [6, 6.07) is -0.445. The van der Waals surface area contributed by atoms with E-state index in [1.807, 2.05) is 38.2 Å². The largest absolute Gasteiger partial charge is 0.494 e. The molecule has 2 aliphatic heterocycles. The highest BCUT2D eigenvalue weighted by Crippen LogP contribution is 2.26. The zero-order chi connectivity index (χ0) is 30.7. The molecule has 0 saturated carbocycles. The Kier molecular flexibility index (Phi) is 8.65. The minimum absolute atomic E-state index is 0.0377. The highest BCUT2D eigenvalue weighted by molar-refractivity contribution is 6.22. The summed E-state index contributed by atoms with van der Waals surface area (Å²) in [5, 5.41) is 33.1. The van der Waals surface area contributed by atoms with E-state index in [-0.39, 0.29) is 37.5 Å². The molecule has 1 unspecified atom stereocenters. The molecule has 218 valence electrons. The molecule has 1 amide bonds. The van der Waals surface area contributed by atoms with Crippen molar-refractivity contribution in [2.75, 3.05) is 0 Å². The predicted molar refractivity (Wildman–Crippen MR) is 161 cm³/mol. The van der Waals surface area contributed by atoms with E-state index in [9.17, 15) is 29.7 Å². The molecule has 2 aromatic rings. The fraction of sp³-hybridized carbons (Fsp3) is 0.250. The molecule has 0 fully saturated rings. The second-order valence-corrected chi connectivity index (χ2v) is 10.2. The Morgan fingerprint density at radius 3 is 2.29 bits per heavy atom. The van der Waals surface area contributed by atoms with E-state index in [0.717, 1.165) is 27.8 Å². The number of carboxylic acid groups (broad SMARTS) is 2. The first-order valence-electron chi connectivity index (χ1n) is 13.5. The average molecular weight is 571 g/mol. The number of carbonyl (C=O) groups is 3. The fourth-order valence-corrected chi connectivity index (χ4v) is 5.20. The lowest BCUT2D eigenvalue weighted by Gasteiger charge is -2.03. The maximum atomic E-state index is 12.2. The molecule has 42 heavy (non-hydrogen) atoms. The van der Waals surface area contributed by atoms with Gasteiger partial charge >= 0.3 is 11.9 Å². The van der Waals surface area contributed by atoms with Gasteiger partial charge in [-0.05, 0) is 74.1 Å². The lowest BCUT2D eigenvalue weighted by Crippen LogP contribution is -2.17. The second kappa shape index (κ2) is 12.2. The first-order chi connectivity index (χ1) is 19.9. The Hall–Kier alpha value is -5.12. The van der Waals surface area contributed by atoms with Crippen LogP contribution in [0.3, 0.4) is 0 Å². The number of rotatable bonds is 11. The van der Waals surface area contributed by atoms with Gasteiger partial charge in [0.05, 0.1) is 17.4 Å². The van der Waals surface area contributed by atoms with Crippen molar-refractivity contribution < 1.29 is 29.7 Å². The molecule has 4 rings (SSSR count). The van der Waals surface area contributed by atoms with Crippen LogP contribution in [0, 0.1) is 13.8 Å². The number of aromatic amines is 2. The van der Waals surface area contributed by atoms with Crippen LogP contribution in [0.1, 0.15) is 54.1 Å². The summed E-state index contributed by atoms with van der Waals surface area (Å²) in [4.78, 5) is 46.2. The normalized spacial score (nSPS) is 18.5. The van der Waals surface area contributed by atoms with Crippen LogP contribution in [-0.2, 0) is 20.8 Å². The first-order valence-corrected chi connectivity index (χ1v) is 13.5. The molecule has 6 N–H and O–H groups in total. The van der Waals surface area contributed by atoms with Gasteiger partial charge in [-0.1, -0.05) is 31.4 Å². The highest BCUT2D eigenvalue weighted by Gasteiger charge is 2.24. The molecule has 2 aromatic heterocycles. The molecular formula is C32H34N4O6. The predicted octanol–water partition coefficient (Wildman–Crippen LogP) is 3.07. The van der Waals surface area contributed by atoms with Gasteiger partial charge < -0.3 is 30.6 Å². The number of carbonyl (C=O) groups excluding carboxylic acids is 1. The van der Waals surface area contributed by atoms with Crippen LogP contribution in [0.4, 0.5) is 0 Å². The fourth-order valence-electron chi connectivity index (χ4n) is 5.20. The quantitative estimate of drug-likeness (QED) is 0.243. The van der Waals surface area contributed by atoms with Crippen LogP contribution in [0.25, 0.3) is 18.2 Å². The monoisotopic (exact) mass is 570 g/mol. The van der Waals surface area contributed by atoms with Crippen molar-refractivity contribution in [3.63, 3.8) is 0 Å². The number of hydrogen-bond acceptors (Lipinski definition) is 5. The Morgan fingerprint density at radius 1 is 0.976 bits per heavy atom. The van der Waals surface area contributed by atoms with E-state index in [1.165, 1.54) is 6.08 Å². The molecule has 0 aliphatic carbocycles. The van der Waals surface area contributed by atoms with Gasteiger partial charge in [0.15, 0.2) is 5.88 Å². The van der Waals surface area contributed by atoms with Gasteiger partial charge in [-0.15, -0.1) is 0 Å². The van der Waals surface area contributed by atoms with Crippen molar-refractivity contribution in [2.45, 2.75) is 52.5 Å². The van der Waals surface area contributed by atoms with E-state index in [0.29, 0.717) is 38.9 Å². The van der Waals surface area contributed by atoms with Crippen LogP contribution in [0.5, 0.6) is 5.88 Å². The Morgan fingerprint density at radius 2 is 1.67 bits per heavy atom. The maximum absolute atomic E-state index is 12.2. The Balaban J connectivity index is 1.84. The summed E-state index contributed by atoms with van der Waals surface area (Å²) >= 11 is 0. The van der Waals surface area contributed by atoms with E-state index in [2.05, 4.69) is 28.4 Å². The zero-order valence-electron chi connectivity index (χ0n) is 23.8. The number of aromatic hydroxyl groups is 1. The molecule has 0 bridgehead atoms. The molecule has 0 saturated heterocycles. The van der Waals surface area contributed by atoms with Gasteiger partial charge in [-0.3, -0.25) is 19.4 Å². The second-order valence-electron chi connectivity index (χ2n) is 10.2. The van der Waals surface area contributed by atoms with Crippen molar-refractivity contribution in [2.24, 2.45) is 4.99 Å². The summed E-state index contributed by atoms with van der Waals surface area (Å²) in [5.41, 5.74) is 6.84. The van der Waals surface area contributed by atoms with Crippen molar-refractivity contribution >= 4 is 41.8 Å². The minimum Gasteiger partial charge on any atom is -0.494 e. The molecule has 2 aliphatic rings. The lowest BCUT2D eigenvalue weighted by atomic mass is 10.0. The van der Waals surface area contributed by atoms with Gasteiger partial charge in [0.2, 0.25) is 0 Å². The number of nitrogens with zero attached hydrogens (tertiary/aromatic N) is 1. The van der Waals surface area contributed by atoms with E-state index < -0.39 is 18.0 Å². The molecule has 0 spiro atoms. The number of hydrogen-bond donors (Lipinski definition) is 6. The number of amides is 1. The first kappa shape index (κ1) is 29.9. The molecule has 4 heterocycles. The number of aliphatic imine (C=N–C) groups is 1. The number of H-pyrrole nitrogens is 2. The SMILES string of the molecule is C=CC1=C(C)/C(=C/C2C=C(CCC(=O)O)C(/C=c3\[nH]/c(=C/c4[nH]c(O)c(C)c4C=C)c(C)c3CCC(=O)O)=N2)NC1=O. The van der Waals surface area contributed by atoms with Crippen molar-refractivity contribution in [1.82, 2.24) is 15.3 Å². The third-order valence-electron chi connectivity index (χ3n) is 7.56. The van der Waals surface area contributed by atoms with Gasteiger partial charge in [0, 0.05) is 45.9 Å². The van der Waals surface area contributed by atoms with Crippen LogP contribution in [0.2, 0.25) is 0 Å². The van der Waals surface area contributed by atoms with E-state index >= 15 is 0 Å². The molecule has 1 atom stereocenters. The van der Waals surface area contributed by atoms with E-state index in [4.69, 9.17) is 4.99 Å². The van der Waals surface area contributed by atoms with Gasteiger partial charge in [0.1, 0.15) is 0 Å². The number of allylic oxidation sites excluding steroid dienone is 2. The molecule has 10 heteroatoms. The summed E-state index contributed by atoms with van der Waals surface area (Å²) in [6.07, 6.45) is 10.8. The summed E-state index contributed by atoms with van der Waals surface area (Å²) in [5.74, 6) is -2.07. The third kappa shape index (κ3) is 6.12. The van der Waals surface area contributed by atoms with Crippen molar-refractivity contribution in [3.8, 4) is 5.88 Å². The number of aromatic nitrogens is 2. The molecule has 0 aromatic carbocycles. The molecule has 0 radical (unpaired) electrons. The summed E-state index contributed by atoms with van der Waals surface area (Å²) < 4.78 is 0. The van der Waals surface area contributed by atoms with Crippen LogP contribution in [-0.4, -0.2) is 54.9 Å². The van der Waals surface area contributed by atoms with Gasteiger partial charge in [0.25, 0.3) is 5.91 Å². The number of carboxylic acids is 2. The van der Waals surface area contributed by atoms with Gasteiger partial charge in [-0.25, -0.2) is 0 Å². The zero-order valence-corrected chi connectivity index (χ0v) is 23.8. The topological polar surface area (TPSA) is 168 Å². The maximum Gasteiger partial charge on any atom is 0.303 e. The van der Waals surface area contributed by atoms with Gasteiger partial charge in [-0.2, -0.15) is 0 Å². The average Bonchev–Trinajstić information content (AvgIpc) is 3.61. The molecule has 10 nitrogen and oxygen atoms in total. The summed E-state index contributed by atoms with van der Waals surface area (Å²) in [7, 11) is 0. The Labute approximate surface area is 242 Å². The standard InChI is InChI=1S/C32H34N4O6/c1-6-21-18(5)31(41)36-27(21)14-25-17(4)23(9-11-30(39)40)28(34-25)15-26-19(8-10-29(37)38)12-20(33-26)13-24-16(3)22(7-2)32(42)35-24/h6-7,12-15,20,34,36,41H,1-2,8-11H2,3-5H3,(H,35,42)(H,37,38)(H,39,40)/b24-13-,25-14+,28-15-. The smallest absolute Gasteiger partial charge is 0.303 e. The number of nitrogens with one attached hydrogen (secondary N) is 3. The van der Waals surface area contributed by atoms with Crippen LogP contribution >= 0.6 is 0 Å². The van der Waals surface area contributed by atoms with Crippen LogP contribution in [0.15, 0.2) is 58.8 Å². The van der Waals surface area contributed by atoms with Crippen molar-refractivity contribution in [3.05, 3.63) is 92.4 Å². The molecular weight excluding hydrogens is 536 g/mol. The highest BCUT2D eigenvalue weighted by atomic mass is 16.4. The Bertz CT molecular complexity index is 1760. The minimum atomic E-state index is -0.938. The van der Waals surface area contributed by atoms with Crippen LogP contribution < -0.4 is 16.0 Å². The number of aliphatic carboxylic acids is 2. The lowest BCUT2D eigenvalue weighted by molar-refractivity contribution is -0.137.